The number of esters is 1. The minimum absolute atomic E-state index is 0.180. The summed E-state index contributed by atoms with van der Waals surface area (Å²) >= 11 is 1.32. The highest BCUT2D eigenvalue weighted by Crippen LogP contribution is 2.26. The van der Waals surface area contributed by atoms with Crippen LogP contribution in [-0.4, -0.2) is 17.6 Å². The summed E-state index contributed by atoms with van der Waals surface area (Å²) in [6, 6.07) is 17.1. The maximum atomic E-state index is 13.3. The minimum atomic E-state index is -0.593. The van der Waals surface area contributed by atoms with E-state index in [0.29, 0.717) is 20.6 Å². The monoisotopic (exact) mass is 430 g/mol. The van der Waals surface area contributed by atoms with E-state index in [0.717, 1.165) is 16.7 Å². The topological polar surface area (TPSA) is 60.7 Å². The van der Waals surface area contributed by atoms with Gasteiger partial charge in [0.1, 0.15) is 0 Å². The smallest absolute Gasteiger partial charge is 0.338 e. The first-order valence-electron chi connectivity index (χ1n) is 9.88. The zero-order valence-electron chi connectivity index (χ0n) is 17.5. The highest BCUT2D eigenvalue weighted by atomic mass is 32.1. The highest BCUT2D eigenvalue weighted by molar-refractivity contribution is 7.07. The van der Waals surface area contributed by atoms with E-state index in [1.165, 1.54) is 18.4 Å². The van der Waals surface area contributed by atoms with Crippen molar-refractivity contribution >= 4 is 29.5 Å². The molecule has 1 aliphatic rings. The van der Waals surface area contributed by atoms with Crippen molar-refractivity contribution in [2.75, 3.05) is 7.11 Å². The number of nitrogens with zero attached hydrogens (tertiary/aromatic N) is 2. The van der Waals surface area contributed by atoms with Crippen molar-refractivity contribution in [2.24, 2.45) is 4.99 Å². The Morgan fingerprint density at radius 2 is 1.77 bits per heavy atom. The summed E-state index contributed by atoms with van der Waals surface area (Å²) in [7, 11) is 1.34. The van der Waals surface area contributed by atoms with Gasteiger partial charge in [-0.25, -0.2) is 9.79 Å². The zero-order valence-corrected chi connectivity index (χ0v) is 18.3. The third-order valence-corrected chi connectivity index (χ3v) is 6.10. The molecule has 0 aliphatic carbocycles. The Morgan fingerprint density at radius 3 is 2.45 bits per heavy atom. The molecule has 1 aromatic heterocycles. The summed E-state index contributed by atoms with van der Waals surface area (Å²) in [5, 5.41) is 0. The van der Waals surface area contributed by atoms with Crippen molar-refractivity contribution in [1.29, 1.82) is 0 Å². The van der Waals surface area contributed by atoms with Crippen LogP contribution < -0.4 is 14.9 Å². The minimum Gasteiger partial charge on any atom is -0.466 e. The first-order valence-corrected chi connectivity index (χ1v) is 10.7. The number of methoxy groups -OCH3 is 1. The van der Waals surface area contributed by atoms with E-state index >= 15 is 0 Å². The largest absolute Gasteiger partial charge is 0.466 e. The van der Waals surface area contributed by atoms with E-state index in [9.17, 15) is 9.59 Å². The molecule has 0 fully saturated rings. The van der Waals surface area contributed by atoms with Gasteiger partial charge in [-0.15, -0.1) is 0 Å². The van der Waals surface area contributed by atoms with E-state index in [1.807, 2.05) is 79.7 Å². The highest BCUT2D eigenvalue weighted by Gasteiger charge is 2.29. The molecule has 0 amide bonds. The molecule has 0 saturated heterocycles. The number of allylic oxidation sites excluding steroid dienone is 2. The summed E-state index contributed by atoms with van der Waals surface area (Å²) in [5.74, 6) is -0.489. The predicted molar refractivity (Wildman–Crippen MR) is 123 cm³/mol. The van der Waals surface area contributed by atoms with Gasteiger partial charge in [0, 0.05) is 0 Å². The first kappa shape index (κ1) is 20.8. The lowest BCUT2D eigenvalue weighted by Gasteiger charge is -2.21. The third-order valence-electron chi connectivity index (χ3n) is 5.11. The Morgan fingerprint density at radius 1 is 1.06 bits per heavy atom. The lowest BCUT2D eigenvalue weighted by molar-refractivity contribution is -0.136. The third kappa shape index (κ3) is 4.20. The Labute approximate surface area is 184 Å². The molecule has 6 heteroatoms. The average Bonchev–Trinajstić information content (AvgIpc) is 3.08. The van der Waals surface area contributed by atoms with Crippen LogP contribution in [-0.2, 0) is 9.53 Å². The van der Waals surface area contributed by atoms with Crippen LogP contribution in [0.5, 0.6) is 0 Å². The number of aryl methyl sites for hydroxylation is 1. The van der Waals surface area contributed by atoms with Gasteiger partial charge < -0.3 is 4.74 Å². The number of ether oxygens (including phenoxy) is 1. The van der Waals surface area contributed by atoms with Gasteiger partial charge in [0.2, 0.25) is 0 Å². The molecule has 5 nitrogen and oxygen atoms in total. The second-order valence-corrected chi connectivity index (χ2v) is 8.31. The summed E-state index contributed by atoms with van der Waals surface area (Å²) < 4.78 is 7.14. The molecule has 0 saturated carbocycles. The molecule has 156 valence electrons. The summed E-state index contributed by atoms with van der Waals surface area (Å²) in [5.41, 5.74) is 3.81. The maximum absolute atomic E-state index is 13.3. The van der Waals surface area contributed by atoms with Gasteiger partial charge in [-0.3, -0.25) is 9.36 Å². The van der Waals surface area contributed by atoms with E-state index in [4.69, 9.17) is 4.74 Å². The number of aromatic nitrogens is 1. The Kier molecular flexibility index (Phi) is 5.82. The van der Waals surface area contributed by atoms with Gasteiger partial charge in [-0.2, -0.15) is 0 Å². The SMILES string of the molecule is COC(=O)C1=C(C)N=c2s/c(=C\c3ccc(C)cc3)c(=O)n2C1/C=C/c1ccccc1. The van der Waals surface area contributed by atoms with Crippen molar-refractivity contribution in [1.82, 2.24) is 4.57 Å². The van der Waals surface area contributed by atoms with Crippen molar-refractivity contribution in [2.45, 2.75) is 19.9 Å². The van der Waals surface area contributed by atoms with Crippen molar-refractivity contribution in [3.8, 4) is 0 Å². The molecule has 4 rings (SSSR count). The lowest BCUT2D eigenvalue weighted by atomic mass is 10.0. The number of benzene rings is 2. The van der Waals surface area contributed by atoms with Crippen LogP contribution in [0.1, 0.15) is 29.7 Å². The van der Waals surface area contributed by atoms with Gasteiger partial charge >= 0.3 is 5.97 Å². The molecule has 3 aromatic rings. The van der Waals surface area contributed by atoms with Gasteiger partial charge in [-0.1, -0.05) is 83.6 Å². The number of hydrogen-bond donors (Lipinski definition) is 0. The molecular formula is C25H22N2O3S. The van der Waals surface area contributed by atoms with E-state index in [2.05, 4.69) is 4.99 Å². The Bertz CT molecular complexity index is 1360. The average molecular weight is 431 g/mol. The molecule has 0 bridgehead atoms. The van der Waals surface area contributed by atoms with Crippen LogP contribution in [0.25, 0.3) is 12.2 Å². The van der Waals surface area contributed by atoms with Crippen LogP contribution in [0.4, 0.5) is 0 Å². The Hall–Kier alpha value is -3.51. The van der Waals surface area contributed by atoms with Gasteiger partial charge in [0.05, 0.1) is 29.0 Å². The summed E-state index contributed by atoms with van der Waals surface area (Å²) in [4.78, 5) is 31.0. The molecule has 0 spiro atoms. The van der Waals surface area contributed by atoms with Gasteiger partial charge in [0.25, 0.3) is 5.56 Å². The van der Waals surface area contributed by atoms with E-state index in [1.54, 1.807) is 11.5 Å². The van der Waals surface area contributed by atoms with Gasteiger partial charge in [0.15, 0.2) is 4.80 Å². The fourth-order valence-corrected chi connectivity index (χ4v) is 4.55. The number of fused-ring (bicyclic) bond motifs is 1. The molecule has 0 radical (unpaired) electrons. The lowest BCUT2D eigenvalue weighted by Crippen LogP contribution is -2.38. The molecular weight excluding hydrogens is 408 g/mol. The fourth-order valence-electron chi connectivity index (χ4n) is 3.50. The number of carbonyl (C=O) groups excluding carboxylic acids is 1. The van der Waals surface area contributed by atoms with Crippen LogP contribution in [0.15, 0.2) is 81.7 Å². The number of rotatable bonds is 4. The standard InChI is InChI=1S/C25H22N2O3S/c1-16-9-11-19(12-10-16)15-21-23(28)27-20(14-13-18-7-5-4-6-8-18)22(24(29)30-3)17(2)26-25(27)31-21/h4-15,20H,1-3H3/b14-13+,21-15-. The van der Waals surface area contributed by atoms with E-state index in [-0.39, 0.29) is 5.56 Å². The number of thiazole rings is 1. The van der Waals surface area contributed by atoms with Crippen LogP contribution in [0.3, 0.4) is 0 Å². The second kappa shape index (κ2) is 8.70. The second-order valence-electron chi connectivity index (χ2n) is 7.30. The quantitative estimate of drug-likeness (QED) is 0.596. The predicted octanol–water partition coefficient (Wildman–Crippen LogP) is 3.38. The van der Waals surface area contributed by atoms with Crippen molar-refractivity contribution in [3.63, 3.8) is 0 Å². The molecule has 1 unspecified atom stereocenters. The molecule has 31 heavy (non-hydrogen) atoms. The summed E-state index contributed by atoms with van der Waals surface area (Å²) in [6.45, 7) is 3.79. The summed E-state index contributed by atoms with van der Waals surface area (Å²) in [6.07, 6.45) is 5.62. The molecule has 1 atom stereocenters. The number of carbonyl (C=O) groups is 1. The first-order chi connectivity index (χ1) is 15.0. The zero-order chi connectivity index (χ0) is 22.0. The van der Waals surface area contributed by atoms with Crippen LogP contribution in [0.2, 0.25) is 0 Å². The molecule has 2 heterocycles. The van der Waals surface area contributed by atoms with E-state index < -0.39 is 12.0 Å². The molecule has 2 aromatic carbocycles. The van der Waals surface area contributed by atoms with Crippen LogP contribution >= 0.6 is 11.3 Å². The number of hydrogen-bond acceptors (Lipinski definition) is 5. The van der Waals surface area contributed by atoms with Gasteiger partial charge in [-0.05, 0) is 31.1 Å². The van der Waals surface area contributed by atoms with Crippen molar-refractivity contribution in [3.05, 3.63) is 108 Å². The normalized spacial score (nSPS) is 16.4. The fraction of sp³-hybridized carbons (Fsp3) is 0.160. The maximum Gasteiger partial charge on any atom is 0.338 e. The van der Waals surface area contributed by atoms with Crippen LogP contribution in [0, 0.1) is 6.92 Å². The Balaban J connectivity index is 1.88. The molecule has 0 N–H and O–H groups in total. The molecule has 1 aliphatic heterocycles. The van der Waals surface area contributed by atoms with Crippen molar-refractivity contribution < 1.29 is 9.53 Å².